The Labute approximate surface area is 175 Å². The first kappa shape index (κ1) is 23.3. The average molecular weight is 418 g/mol. The average Bonchev–Trinajstić information content (AvgIpc) is 3.01. The Morgan fingerprint density at radius 2 is 1.80 bits per heavy atom. The van der Waals surface area contributed by atoms with Gasteiger partial charge in [0.25, 0.3) is 5.91 Å². The van der Waals surface area contributed by atoms with Crippen molar-refractivity contribution in [3.63, 3.8) is 0 Å². The maximum atomic E-state index is 13.2. The van der Waals surface area contributed by atoms with E-state index in [-0.39, 0.29) is 36.1 Å². The number of ketones is 1. The van der Waals surface area contributed by atoms with Crippen LogP contribution in [0.15, 0.2) is 24.3 Å². The summed E-state index contributed by atoms with van der Waals surface area (Å²) < 4.78 is 23.3. The third-order valence-corrected chi connectivity index (χ3v) is 4.69. The number of hydrogen-bond acceptors (Lipinski definition) is 5. The molecule has 0 aliphatic carbocycles. The number of methoxy groups -OCH3 is 1. The minimum atomic E-state index is -0.531. The molecule has 8 heteroatoms. The highest BCUT2D eigenvalue weighted by molar-refractivity contribution is 6.05. The van der Waals surface area contributed by atoms with Gasteiger partial charge in [0.05, 0.1) is 13.2 Å². The summed E-state index contributed by atoms with van der Waals surface area (Å²) in [5.74, 6) is -1.66. The number of carbonyl (C=O) groups is 3. The van der Waals surface area contributed by atoms with E-state index in [2.05, 4.69) is 4.98 Å². The molecule has 0 atom stereocenters. The quantitative estimate of drug-likeness (QED) is 0.363. The molecule has 0 aliphatic heterocycles. The maximum Gasteiger partial charge on any atom is 0.355 e. The minimum absolute atomic E-state index is 0.179. The highest BCUT2D eigenvalue weighted by atomic mass is 19.1. The van der Waals surface area contributed by atoms with E-state index in [1.54, 1.807) is 27.9 Å². The van der Waals surface area contributed by atoms with Crippen LogP contribution in [0.5, 0.6) is 0 Å². The van der Waals surface area contributed by atoms with Crippen LogP contribution in [0.3, 0.4) is 0 Å². The zero-order valence-electron chi connectivity index (χ0n) is 17.7. The summed E-state index contributed by atoms with van der Waals surface area (Å²) >= 11 is 0. The Kier molecular flexibility index (Phi) is 8.29. The van der Waals surface area contributed by atoms with Crippen molar-refractivity contribution in [2.45, 2.75) is 27.2 Å². The molecule has 0 aliphatic rings. The number of rotatable bonds is 10. The summed E-state index contributed by atoms with van der Waals surface area (Å²) in [6.07, 6.45) is 0.538. The lowest BCUT2D eigenvalue weighted by Crippen LogP contribution is -2.37. The molecule has 1 aromatic heterocycles. The molecule has 0 bridgehead atoms. The third-order valence-electron chi connectivity index (χ3n) is 4.69. The van der Waals surface area contributed by atoms with E-state index >= 15 is 0 Å². The number of aromatic nitrogens is 1. The van der Waals surface area contributed by atoms with Crippen LogP contribution in [-0.2, 0) is 9.47 Å². The van der Waals surface area contributed by atoms with Crippen LogP contribution in [0.4, 0.5) is 4.39 Å². The second-order valence-corrected chi connectivity index (χ2v) is 6.85. The summed E-state index contributed by atoms with van der Waals surface area (Å²) in [5, 5.41) is 0. The number of benzene rings is 1. The number of nitrogens with zero attached hydrogens (tertiary/aromatic N) is 1. The maximum absolute atomic E-state index is 13.2. The number of esters is 1. The van der Waals surface area contributed by atoms with E-state index in [4.69, 9.17) is 9.47 Å². The summed E-state index contributed by atoms with van der Waals surface area (Å²) in [6, 6.07) is 5.18. The summed E-state index contributed by atoms with van der Waals surface area (Å²) in [4.78, 5) is 42.4. The van der Waals surface area contributed by atoms with Gasteiger partial charge in [0.1, 0.15) is 11.5 Å². The highest BCUT2D eigenvalue weighted by Gasteiger charge is 2.26. The van der Waals surface area contributed by atoms with Crippen LogP contribution in [0.1, 0.15) is 55.8 Å². The smallest absolute Gasteiger partial charge is 0.355 e. The third kappa shape index (κ3) is 5.54. The van der Waals surface area contributed by atoms with Crippen molar-refractivity contribution in [2.24, 2.45) is 0 Å². The molecule has 1 amide bonds. The topological polar surface area (TPSA) is 88.7 Å². The number of amides is 1. The number of aryl methyl sites for hydroxylation is 1. The Bertz CT molecular complexity index is 905. The molecule has 0 fully saturated rings. The first-order chi connectivity index (χ1) is 14.3. The van der Waals surface area contributed by atoms with Crippen molar-refractivity contribution in [3.05, 3.63) is 58.2 Å². The molecule has 2 rings (SSSR count). The SMILES string of the molecule is CCOC(=O)c1[nH]c(C)c(C(=O)CN(CCCOC)C(=O)c2ccc(F)cc2)c1C. The fraction of sp³-hybridized carbons (Fsp3) is 0.409. The zero-order chi connectivity index (χ0) is 22.3. The molecule has 162 valence electrons. The molecule has 0 spiro atoms. The van der Waals surface area contributed by atoms with Crippen molar-refractivity contribution in [1.82, 2.24) is 9.88 Å². The van der Waals surface area contributed by atoms with Crippen molar-refractivity contribution in [2.75, 3.05) is 33.4 Å². The van der Waals surface area contributed by atoms with E-state index in [0.29, 0.717) is 36.4 Å². The monoisotopic (exact) mass is 418 g/mol. The van der Waals surface area contributed by atoms with E-state index in [9.17, 15) is 18.8 Å². The second-order valence-electron chi connectivity index (χ2n) is 6.85. The molecule has 7 nitrogen and oxygen atoms in total. The fourth-order valence-electron chi connectivity index (χ4n) is 3.26. The lowest BCUT2D eigenvalue weighted by molar-refractivity contribution is 0.0519. The highest BCUT2D eigenvalue weighted by Crippen LogP contribution is 2.20. The summed E-state index contributed by atoms with van der Waals surface area (Å²) in [6.45, 7) is 5.83. The van der Waals surface area contributed by atoms with Gasteiger partial charge < -0.3 is 19.4 Å². The number of ether oxygens (including phenoxy) is 2. The van der Waals surface area contributed by atoms with E-state index in [1.807, 2.05) is 0 Å². The standard InChI is InChI=1S/C22H27FN2O5/c1-5-30-22(28)20-14(2)19(15(3)24-20)18(26)13-25(11-6-12-29-4)21(27)16-7-9-17(23)10-8-16/h7-10,24H,5-6,11-13H2,1-4H3. The number of aromatic amines is 1. The lowest BCUT2D eigenvalue weighted by atomic mass is 10.0. The van der Waals surface area contributed by atoms with Crippen LogP contribution in [0, 0.1) is 19.7 Å². The van der Waals surface area contributed by atoms with Gasteiger partial charge in [-0.05, 0) is 57.0 Å². The number of halogens is 1. The van der Waals surface area contributed by atoms with Crippen LogP contribution in [0.2, 0.25) is 0 Å². The van der Waals surface area contributed by atoms with Gasteiger partial charge in [-0.1, -0.05) is 0 Å². The summed E-state index contributed by atoms with van der Waals surface area (Å²) in [7, 11) is 1.56. The van der Waals surface area contributed by atoms with E-state index in [1.165, 1.54) is 29.2 Å². The van der Waals surface area contributed by atoms with Crippen LogP contribution < -0.4 is 0 Å². The van der Waals surface area contributed by atoms with Crippen LogP contribution in [-0.4, -0.2) is 61.0 Å². The van der Waals surface area contributed by atoms with Gasteiger partial charge in [-0.3, -0.25) is 9.59 Å². The fourth-order valence-corrected chi connectivity index (χ4v) is 3.26. The largest absolute Gasteiger partial charge is 0.461 e. The second kappa shape index (κ2) is 10.7. The molecule has 0 saturated heterocycles. The van der Waals surface area contributed by atoms with Crippen molar-refractivity contribution >= 4 is 17.7 Å². The molecule has 1 heterocycles. The number of carbonyl (C=O) groups excluding carboxylic acids is 3. The lowest BCUT2D eigenvalue weighted by Gasteiger charge is -2.22. The molecule has 0 radical (unpaired) electrons. The number of H-pyrrole nitrogens is 1. The Morgan fingerprint density at radius 1 is 1.13 bits per heavy atom. The predicted octanol–water partition coefficient (Wildman–Crippen LogP) is 3.31. The van der Waals surface area contributed by atoms with E-state index < -0.39 is 11.8 Å². The van der Waals surface area contributed by atoms with Crippen LogP contribution >= 0.6 is 0 Å². The molecular weight excluding hydrogens is 391 g/mol. The van der Waals surface area contributed by atoms with Crippen molar-refractivity contribution in [3.8, 4) is 0 Å². The Balaban J connectivity index is 2.26. The first-order valence-electron chi connectivity index (χ1n) is 9.73. The molecule has 0 saturated carbocycles. The Hall–Kier alpha value is -3.00. The number of nitrogens with one attached hydrogen (secondary N) is 1. The van der Waals surface area contributed by atoms with Crippen LogP contribution in [0.25, 0.3) is 0 Å². The van der Waals surface area contributed by atoms with E-state index in [0.717, 1.165) is 0 Å². The number of hydrogen-bond donors (Lipinski definition) is 1. The predicted molar refractivity (Wildman–Crippen MR) is 109 cm³/mol. The van der Waals surface area contributed by atoms with Crippen molar-refractivity contribution < 1.29 is 28.2 Å². The normalized spacial score (nSPS) is 10.7. The molecule has 0 unspecified atom stereocenters. The molecule has 2 aromatic rings. The van der Waals surface area contributed by atoms with Gasteiger partial charge in [0.2, 0.25) is 0 Å². The van der Waals surface area contributed by atoms with Gasteiger partial charge in [-0.25, -0.2) is 9.18 Å². The molecular formula is C22H27FN2O5. The van der Waals surface area contributed by atoms with Gasteiger partial charge >= 0.3 is 5.97 Å². The summed E-state index contributed by atoms with van der Waals surface area (Å²) in [5.41, 5.74) is 1.90. The van der Waals surface area contributed by atoms with Gasteiger partial charge in [-0.2, -0.15) is 0 Å². The van der Waals surface area contributed by atoms with Gasteiger partial charge in [0, 0.05) is 37.1 Å². The molecule has 30 heavy (non-hydrogen) atoms. The van der Waals surface area contributed by atoms with Gasteiger partial charge in [0.15, 0.2) is 5.78 Å². The minimum Gasteiger partial charge on any atom is -0.461 e. The van der Waals surface area contributed by atoms with Gasteiger partial charge in [-0.15, -0.1) is 0 Å². The zero-order valence-corrected chi connectivity index (χ0v) is 17.7. The van der Waals surface area contributed by atoms with Crippen molar-refractivity contribution in [1.29, 1.82) is 0 Å². The first-order valence-corrected chi connectivity index (χ1v) is 9.73. The Morgan fingerprint density at radius 3 is 2.40 bits per heavy atom. The molecule has 1 N–H and O–H groups in total. The number of Topliss-reactive ketones (excluding diaryl/α,β-unsaturated/α-hetero) is 1. The molecule has 1 aromatic carbocycles.